The van der Waals surface area contributed by atoms with Crippen LogP contribution in [0, 0.1) is 5.92 Å². The Morgan fingerprint density at radius 3 is 2.29 bits per heavy atom. The molecular weight excluding hydrogens is 306 g/mol. The van der Waals surface area contributed by atoms with Crippen LogP contribution in [0.2, 0.25) is 0 Å². The van der Waals surface area contributed by atoms with Gasteiger partial charge in [-0.25, -0.2) is 4.79 Å². The summed E-state index contributed by atoms with van der Waals surface area (Å²) in [5.41, 5.74) is -1.10. The van der Waals surface area contributed by atoms with E-state index in [4.69, 9.17) is 9.47 Å². The number of amides is 1. The van der Waals surface area contributed by atoms with Gasteiger partial charge in [-0.1, -0.05) is 0 Å². The number of hydrogen-bond donors (Lipinski definition) is 1. The summed E-state index contributed by atoms with van der Waals surface area (Å²) < 4.78 is 11.1. The highest BCUT2D eigenvalue weighted by Crippen LogP contribution is 2.43. The van der Waals surface area contributed by atoms with Crippen LogP contribution >= 0.6 is 0 Å². The van der Waals surface area contributed by atoms with Crippen molar-refractivity contribution in [1.82, 2.24) is 4.90 Å². The van der Waals surface area contributed by atoms with Crippen molar-refractivity contribution < 1.29 is 19.4 Å². The van der Waals surface area contributed by atoms with Gasteiger partial charge in [0.2, 0.25) is 0 Å². The molecule has 24 heavy (non-hydrogen) atoms. The zero-order chi connectivity index (χ0) is 17.4. The van der Waals surface area contributed by atoms with Gasteiger partial charge in [0.05, 0.1) is 5.60 Å². The normalized spacial score (nSPS) is 34.9. The van der Waals surface area contributed by atoms with Crippen LogP contribution in [-0.4, -0.2) is 52.6 Å². The molecule has 2 unspecified atom stereocenters. The van der Waals surface area contributed by atoms with Gasteiger partial charge in [-0.2, -0.15) is 0 Å². The van der Waals surface area contributed by atoms with Crippen LogP contribution in [0.25, 0.3) is 0 Å². The van der Waals surface area contributed by atoms with E-state index in [2.05, 4.69) is 0 Å². The van der Waals surface area contributed by atoms with E-state index in [1.54, 1.807) is 0 Å². The fourth-order valence-corrected chi connectivity index (χ4v) is 4.79. The first-order valence-electron chi connectivity index (χ1n) is 9.57. The molecule has 0 radical (unpaired) electrons. The van der Waals surface area contributed by atoms with Gasteiger partial charge in [-0.15, -0.1) is 0 Å². The Labute approximate surface area is 145 Å². The third-order valence-electron chi connectivity index (χ3n) is 5.71. The van der Waals surface area contributed by atoms with E-state index in [-0.39, 0.29) is 18.2 Å². The van der Waals surface area contributed by atoms with Crippen molar-refractivity contribution in [2.75, 3.05) is 13.2 Å². The van der Waals surface area contributed by atoms with Crippen molar-refractivity contribution in [3.63, 3.8) is 0 Å². The molecular formula is C19H33NO4. The topological polar surface area (TPSA) is 59.0 Å². The van der Waals surface area contributed by atoms with E-state index in [9.17, 15) is 9.90 Å². The molecule has 3 fully saturated rings. The Bertz CT molecular complexity index is 439. The van der Waals surface area contributed by atoms with E-state index in [0.29, 0.717) is 18.8 Å². The number of carbonyl (C=O) groups excluding carboxylic acids is 1. The highest BCUT2D eigenvalue weighted by Gasteiger charge is 2.48. The Kier molecular flexibility index (Phi) is 5.12. The summed E-state index contributed by atoms with van der Waals surface area (Å²) in [6, 6.07) is 0.245. The zero-order valence-corrected chi connectivity index (χ0v) is 15.4. The maximum Gasteiger partial charge on any atom is 0.410 e. The van der Waals surface area contributed by atoms with Gasteiger partial charge in [-0.3, -0.25) is 0 Å². The highest BCUT2D eigenvalue weighted by atomic mass is 16.6. The fraction of sp³-hybridized carbons (Fsp3) is 0.947. The molecule has 1 N–H and O–H groups in total. The van der Waals surface area contributed by atoms with Crippen molar-refractivity contribution in [2.45, 2.75) is 95.4 Å². The van der Waals surface area contributed by atoms with E-state index in [1.165, 1.54) is 0 Å². The largest absolute Gasteiger partial charge is 0.444 e. The van der Waals surface area contributed by atoms with Gasteiger partial charge >= 0.3 is 6.09 Å². The molecule has 3 aliphatic heterocycles. The first kappa shape index (κ1) is 18.0. The average molecular weight is 339 g/mol. The molecule has 0 saturated carbocycles. The number of piperidine rings is 2. The summed E-state index contributed by atoms with van der Waals surface area (Å²) in [7, 11) is 0. The molecule has 3 heterocycles. The first-order valence-corrected chi connectivity index (χ1v) is 9.57. The van der Waals surface area contributed by atoms with E-state index >= 15 is 0 Å². The van der Waals surface area contributed by atoms with Gasteiger partial charge < -0.3 is 19.5 Å². The van der Waals surface area contributed by atoms with Gasteiger partial charge in [0.25, 0.3) is 0 Å². The second kappa shape index (κ2) is 6.83. The van der Waals surface area contributed by atoms with Crippen LogP contribution in [0.1, 0.15) is 72.1 Å². The molecule has 0 aromatic rings. The minimum atomic E-state index is -0.629. The van der Waals surface area contributed by atoms with E-state index < -0.39 is 11.2 Å². The molecule has 0 aromatic carbocycles. The number of hydrogen-bond acceptors (Lipinski definition) is 4. The van der Waals surface area contributed by atoms with Crippen LogP contribution in [0.15, 0.2) is 0 Å². The lowest BCUT2D eigenvalue weighted by molar-refractivity contribution is -0.106. The van der Waals surface area contributed by atoms with Gasteiger partial charge in [0.1, 0.15) is 5.60 Å². The molecule has 0 aliphatic carbocycles. The minimum absolute atomic E-state index is 0.122. The highest BCUT2D eigenvalue weighted by molar-refractivity contribution is 5.69. The minimum Gasteiger partial charge on any atom is -0.444 e. The molecule has 0 aromatic heterocycles. The quantitative estimate of drug-likeness (QED) is 0.837. The van der Waals surface area contributed by atoms with Crippen molar-refractivity contribution in [1.29, 1.82) is 0 Å². The van der Waals surface area contributed by atoms with Gasteiger partial charge in [0, 0.05) is 25.3 Å². The fourth-order valence-electron chi connectivity index (χ4n) is 4.79. The Morgan fingerprint density at radius 2 is 1.75 bits per heavy atom. The predicted octanol–water partition coefficient (Wildman–Crippen LogP) is 3.49. The molecule has 3 saturated heterocycles. The number of nitrogens with zero attached hydrogens (tertiary/aromatic N) is 1. The summed E-state index contributed by atoms with van der Waals surface area (Å²) in [6.07, 6.45) is 7.23. The van der Waals surface area contributed by atoms with Gasteiger partial charge in [0.15, 0.2) is 0 Å². The number of ether oxygens (including phenoxy) is 2. The van der Waals surface area contributed by atoms with E-state index in [1.807, 2.05) is 25.7 Å². The standard InChI is InChI=1S/C19H33NO4/c1-18(2,3)24-17(21)20-15-5-4-6-16(20)13-19(22,12-15)11-14-7-9-23-10-8-14/h14-16,22H,4-13H2,1-3H3. The van der Waals surface area contributed by atoms with Crippen LogP contribution < -0.4 is 0 Å². The molecule has 3 rings (SSSR count). The maximum atomic E-state index is 12.6. The third-order valence-corrected chi connectivity index (χ3v) is 5.71. The van der Waals surface area contributed by atoms with Crippen molar-refractivity contribution in [3.8, 4) is 0 Å². The Hall–Kier alpha value is -0.810. The lowest BCUT2D eigenvalue weighted by Gasteiger charge is -2.52. The van der Waals surface area contributed by atoms with Gasteiger partial charge in [-0.05, 0) is 78.1 Å². The third kappa shape index (κ3) is 4.23. The SMILES string of the molecule is CC(C)(C)OC(=O)N1C2CCCC1CC(O)(CC1CCOCC1)C2. The molecule has 2 atom stereocenters. The molecule has 1 amide bonds. The smallest absolute Gasteiger partial charge is 0.410 e. The van der Waals surface area contributed by atoms with E-state index in [0.717, 1.165) is 51.7 Å². The average Bonchev–Trinajstić information content (AvgIpc) is 2.45. The summed E-state index contributed by atoms with van der Waals surface area (Å²) in [6.45, 7) is 7.36. The van der Waals surface area contributed by atoms with Crippen LogP contribution in [0.3, 0.4) is 0 Å². The summed E-state index contributed by atoms with van der Waals surface area (Å²) in [5, 5.41) is 11.2. The molecule has 2 bridgehead atoms. The van der Waals surface area contributed by atoms with Crippen LogP contribution in [0.5, 0.6) is 0 Å². The molecule has 3 aliphatic rings. The number of fused-ring (bicyclic) bond motifs is 2. The van der Waals surface area contributed by atoms with Crippen LogP contribution in [0.4, 0.5) is 4.79 Å². The second-order valence-corrected chi connectivity index (χ2v) is 9.02. The monoisotopic (exact) mass is 339 g/mol. The van der Waals surface area contributed by atoms with Crippen molar-refractivity contribution >= 4 is 6.09 Å². The number of carbonyl (C=O) groups is 1. The molecule has 5 nitrogen and oxygen atoms in total. The first-order chi connectivity index (χ1) is 11.3. The second-order valence-electron chi connectivity index (χ2n) is 9.02. The molecule has 0 spiro atoms. The lowest BCUT2D eigenvalue weighted by atomic mass is 9.71. The lowest BCUT2D eigenvalue weighted by Crippen LogP contribution is -2.60. The van der Waals surface area contributed by atoms with Crippen molar-refractivity contribution in [2.24, 2.45) is 5.92 Å². The maximum absolute atomic E-state index is 12.6. The van der Waals surface area contributed by atoms with Crippen LogP contribution in [-0.2, 0) is 9.47 Å². The Morgan fingerprint density at radius 1 is 1.17 bits per heavy atom. The summed E-state index contributed by atoms with van der Waals surface area (Å²) in [5.74, 6) is 0.553. The Balaban J connectivity index is 1.67. The summed E-state index contributed by atoms with van der Waals surface area (Å²) in [4.78, 5) is 14.6. The summed E-state index contributed by atoms with van der Waals surface area (Å²) >= 11 is 0. The number of rotatable bonds is 2. The van der Waals surface area contributed by atoms with Crippen molar-refractivity contribution in [3.05, 3.63) is 0 Å². The molecule has 5 heteroatoms. The molecule has 138 valence electrons. The predicted molar refractivity (Wildman–Crippen MR) is 91.8 cm³/mol. The zero-order valence-electron chi connectivity index (χ0n) is 15.4. The number of aliphatic hydroxyl groups is 1.